The van der Waals surface area contributed by atoms with Gasteiger partial charge in [-0.25, -0.2) is 0 Å². The number of hydrogen-bond acceptors (Lipinski definition) is 6. The smallest absolute Gasteiger partial charge is 0.285 e. The average Bonchev–Trinajstić information content (AvgIpc) is 3.02. The van der Waals surface area contributed by atoms with E-state index >= 15 is 0 Å². The van der Waals surface area contributed by atoms with Crippen LogP contribution in [0, 0.1) is 12.8 Å². The number of aryl methyl sites for hydroxylation is 1. The summed E-state index contributed by atoms with van der Waals surface area (Å²) in [7, 11) is 1.57. The molecule has 0 radical (unpaired) electrons. The van der Waals surface area contributed by atoms with Crippen molar-refractivity contribution in [2.45, 2.75) is 27.2 Å². The third-order valence-electron chi connectivity index (χ3n) is 4.81. The second-order valence-corrected chi connectivity index (χ2v) is 10.4. The van der Waals surface area contributed by atoms with Crippen molar-refractivity contribution in [3.8, 4) is 11.5 Å². The fraction of sp³-hybridized carbons (Fsp3) is 0.292. The number of benzene rings is 2. The van der Waals surface area contributed by atoms with Crippen molar-refractivity contribution >= 4 is 62.1 Å². The van der Waals surface area contributed by atoms with Gasteiger partial charge in [0.05, 0.1) is 23.1 Å². The maximum atomic E-state index is 12.9. The molecule has 0 atom stereocenters. The Morgan fingerprint density at radius 2 is 1.97 bits per heavy atom. The van der Waals surface area contributed by atoms with Gasteiger partial charge in [-0.05, 0) is 83.3 Å². The molecule has 0 aliphatic carbocycles. The van der Waals surface area contributed by atoms with E-state index in [0.29, 0.717) is 34.5 Å². The first-order valence-corrected chi connectivity index (χ1v) is 12.4. The van der Waals surface area contributed by atoms with Gasteiger partial charge in [0, 0.05) is 5.56 Å². The lowest BCUT2D eigenvalue weighted by Crippen LogP contribution is -2.44. The topological polar surface area (TPSA) is 67.9 Å². The van der Waals surface area contributed by atoms with Crippen LogP contribution in [0.5, 0.6) is 11.5 Å². The first-order valence-electron chi connectivity index (χ1n) is 10.4. The second-order valence-electron chi connectivity index (χ2n) is 7.89. The van der Waals surface area contributed by atoms with Gasteiger partial charge in [0.1, 0.15) is 0 Å². The van der Waals surface area contributed by atoms with E-state index in [1.807, 2.05) is 25.1 Å². The normalized spacial score (nSPS) is 14.8. The predicted octanol–water partition coefficient (Wildman–Crippen LogP) is 5.74. The lowest BCUT2D eigenvalue weighted by Gasteiger charge is -2.16. The van der Waals surface area contributed by atoms with Crippen LogP contribution < -0.4 is 14.9 Å². The van der Waals surface area contributed by atoms with Crippen LogP contribution in [0.1, 0.15) is 41.8 Å². The molecular weight excluding hydrogens is 524 g/mol. The highest BCUT2D eigenvalue weighted by Crippen LogP contribution is 2.39. The van der Waals surface area contributed by atoms with E-state index < -0.39 is 11.8 Å². The summed E-state index contributed by atoms with van der Waals surface area (Å²) in [4.78, 5) is 25.8. The third kappa shape index (κ3) is 6.37. The van der Waals surface area contributed by atoms with Crippen LogP contribution in [0.4, 0.5) is 0 Å². The van der Waals surface area contributed by atoms with Crippen molar-refractivity contribution in [3.63, 3.8) is 0 Å². The summed E-state index contributed by atoms with van der Waals surface area (Å²) in [5.74, 6) is 0.913. The first kappa shape index (κ1) is 25.3. The van der Waals surface area contributed by atoms with Gasteiger partial charge in [0.15, 0.2) is 15.8 Å². The Morgan fingerprint density at radius 3 is 2.61 bits per heavy atom. The molecule has 1 fully saturated rings. The number of amides is 2. The molecule has 3 rings (SSSR count). The molecule has 2 aromatic carbocycles. The minimum absolute atomic E-state index is 0.256. The Kier molecular flexibility index (Phi) is 8.56. The molecular formula is C24H25BrN2O4S2. The Labute approximate surface area is 211 Å². The van der Waals surface area contributed by atoms with E-state index in [1.54, 1.807) is 31.4 Å². The number of thiocarbonyl (C=S) groups is 1. The van der Waals surface area contributed by atoms with Crippen LogP contribution in [-0.4, -0.2) is 34.9 Å². The molecule has 1 aliphatic rings. The molecule has 0 aromatic heterocycles. The highest BCUT2D eigenvalue weighted by atomic mass is 79.9. The summed E-state index contributed by atoms with van der Waals surface area (Å²) in [5, 5.41) is 1.10. The fourth-order valence-corrected chi connectivity index (χ4v) is 4.70. The second kappa shape index (κ2) is 11.2. The minimum Gasteiger partial charge on any atom is -0.493 e. The van der Waals surface area contributed by atoms with Gasteiger partial charge in [-0.1, -0.05) is 43.3 Å². The minimum atomic E-state index is -0.403. The molecule has 2 amide bonds. The maximum absolute atomic E-state index is 12.9. The van der Waals surface area contributed by atoms with E-state index in [4.69, 9.17) is 21.7 Å². The highest BCUT2D eigenvalue weighted by Gasteiger charge is 2.34. The molecule has 9 heteroatoms. The van der Waals surface area contributed by atoms with Crippen molar-refractivity contribution in [2.24, 2.45) is 5.92 Å². The summed E-state index contributed by atoms with van der Waals surface area (Å²) in [5.41, 5.74) is 4.81. The molecule has 1 aliphatic heterocycles. The molecule has 33 heavy (non-hydrogen) atoms. The Bertz CT molecular complexity index is 1100. The predicted molar refractivity (Wildman–Crippen MR) is 139 cm³/mol. The number of methoxy groups -OCH3 is 1. The average molecular weight is 550 g/mol. The molecule has 6 nitrogen and oxygen atoms in total. The molecule has 0 bridgehead atoms. The zero-order valence-corrected chi connectivity index (χ0v) is 22.0. The number of hydrogen-bond donors (Lipinski definition) is 1. The number of nitrogens with zero attached hydrogens (tertiary/aromatic N) is 1. The van der Waals surface area contributed by atoms with Crippen molar-refractivity contribution in [2.75, 3.05) is 13.7 Å². The molecule has 0 saturated carbocycles. The molecule has 174 valence electrons. The maximum Gasteiger partial charge on any atom is 0.285 e. The van der Waals surface area contributed by atoms with Gasteiger partial charge in [0.25, 0.3) is 11.8 Å². The van der Waals surface area contributed by atoms with Gasteiger partial charge in [-0.3, -0.25) is 15.0 Å². The van der Waals surface area contributed by atoms with Crippen molar-refractivity contribution in [3.05, 3.63) is 62.5 Å². The van der Waals surface area contributed by atoms with Gasteiger partial charge in [-0.15, -0.1) is 0 Å². The number of carbonyl (C=O) groups excluding carboxylic acids is 2. The number of nitrogens with one attached hydrogen (secondary N) is 1. The van der Waals surface area contributed by atoms with Crippen LogP contribution in [-0.2, 0) is 4.79 Å². The van der Waals surface area contributed by atoms with Crippen molar-refractivity contribution < 1.29 is 19.1 Å². The summed E-state index contributed by atoms with van der Waals surface area (Å²) >= 11 is 9.98. The molecule has 0 unspecified atom stereocenters. The van der Waals surface area contributed by atoms with Crippen molar-refractivity contribution in [1.82, 2.24) is 10.4 Å². The van der Waals surface area contributed by atoms with E-state index in [-0.39, 0.29) is 4.32 Å². The van der Waals surface area contributed by atoms with E-state index in [9.17, 15) is 9.59 Å². The van der Waals surface area contributed by atoms with E-state index in [2.05, 4.69) is 35.2 Å². The number of ether oxygens (including phenoxy) is 2. The van der Waals surface area contributed by atoms with Gasteiger partial charge in [-0.2, -0.15) is 5.01 Å². The number of halogens is 1. The third-order valence-corrected chi connectivity index (χ3v) is 6.70. The Hall–Kier alpha value is -2.36. The lowest BCUT2D eigenvalue weighted by molar-refractivity contribution is -0.123. The number of hydrazine groups is 1. The monoisotopic (exact) mass is 548 g/mol. The molecule has 1 heterocycles. The molecule has 2 aromatic rings. The highest BCUT2D eigenvalue weighted by molar-refractivity contribution is 9.10. The van der Waals surface area contributed by atoms with Crippen LogP contribution in [0.15, 0.2) is 45.8 Å². The first-order chi connectivity index (χ1) is 15.7. The van der Waals surface area contributed by atoms with Crippen LogP contribution in [0.3, 0.4) is 0 Å². The Balaban J connectivity index is 1.77. The van der Waals surface area contributed by atoms with Crippen LogP contribution in [0.25, 0.3) is 6.08 Å². The van der Waals surface area contributed by atoms with E-state index in [1.165, 1.54) is 0 Å². The number of thioether (sulfide) groups is 1. The van der Waals surface area contributed by atoms with E-state index in [0.717, 1.165) is 38.8 Å². The van der Waals surface area contributed by atoms with Gasteiger partial charge >= 0.3 is 0 Å². The Morgan fingerprint density at radius 1 is 1.27 bits per heavy atom. The summed E-state index contributed by atoms with van der Waals surface area (Å²) in [6, 6.07) is 10.7. The van der Waals surface area contributed by atoms with Crippen LogP contribution in [0.2, 0.25) is 0 Å². The number of rotatable bonds is 8. The van der Waals surface area contributed by atoms with Gasteiger partial charge < -0.3 is 9.47 Å². The number of carbonyl (C=O) groups is 2. The van der Waals surface area contributed by atoms with Crippen molar-refractivity contribution in [1.29, 1.82) is 0 Å². The zero-order valence-electron chi connectivity index (χ0n) is 18.8. The largest absolute Gasteiger partial charge is 0.493 e. The molecule has 1 N–H and O–H groups in total. The molecule has 1 saturated heterocycles. The SMILES string of the molecule is COc1cc(/C=C2/SC(=S)N(NC(=O)c3ccc(C)cc3)C2=O)cc(Br)c1OCCC(C)C. The lowest BCUT2D eigenvalue weighted by atomic mass is 10.1. The van der Waals surface area contributed by atoms with Crippen LogP contribution >= 0.6 is 39.9 Å². The summed E-state index contributed by atoms with van der Waals surface area (Å²) in [6.45, 7) is 6.79. The quantitative estimate of drug-likeness (QED) is 0.335. The summed E-state index contributed by atoms with van der Waals surface area (Å²) < 4.78 is 12.4. The standard InChI is InChI=1S/C24H25BrN2O4S2/c1-14(2)9-10-31-21-18(25)11-16(12-19(21)30-4)13-20-23(29)27(24(32)33-20)26-22(28)17-7-5-15(3)6-8-17/h5-8,11-14H,9-10H2,1-4H3,(H,26,28)/b20-13+. The zero-order chi connectivity index (χ0) is 24.1. The molecule has 0 spiro atoms. The van der Waals surface area contributed by atoms with Gasteiger partial charge in [0.2, 0.25) is 0 Å². The fourth-order valence-electron chi connectivity index (χ4n) is 2.95. The summed E-state index contributed by atoms with van der Waals surface area (Å²) in [6.07, 6.45) is 2.64.